The van der Waals surface area contributed by atoms with Crippen LogP contribution in [0.3, 0.4) is 0 Å². The van der Waals surface area contributed by atoms with Gasteiger partial charge in [0.15, 0.2) is 5.88 Å². The molecule has 2 aromatic rings. The van der Waals surface area contributed by atoms with E-state index in [2.05, 4.69) is 43.2 Å². The van der Waals surface area contributed by atoms with Gasteiger partial charge in [-0.1, -0.05) is 12.2 Å². The maximum atomic E-state index is 5.38. The average Bonchev–Trinajstić information content (AvgIpc) is 3.22. The Kier molecular flexibility index (Phi) is 6.43. The third kappa shape index (κ3) is 5.07. The van der Waals surface area contributed by atoms with Crippen molar-refractivity contribution in [2.45, 2.75) is 13.3 Å². The van der Waals surface area contributed by atoms with Crippen molar-refractivity contribution in [3.63, 3.8) is 0 Å². The number of anilines is 1. The smallest absolute Gasteiger partial charge is 0.237 e. The van der Waals surface area contributed by atoms with Gasteiger partial charge in [0, 0.05) is 44.3 Å². The summed E-state index contributed by atoms with van der Waals surface area (Å²) >= 11 is 0. The SMILES string of the molecule is COC1=CC=CCN1CNCCCN(C)c1cc(C)nc(-n2ccnc2)n1. The topological polar surface area (TPSA) is 71.3 Å². The molecule has 0 atom stereocenters. The lowest BCUT2D eigenvalue weighted by atomic mass is 10.3. The van der Waals surface area contributed by atoms with Gasteiger partial charge >= 0.3 is 0 Å². The van der Waals surface area contributed by atoms with Gasteiger partial charge in [-0.2, -0.15) is 4.98 Å². The molecule has 0 saturated carbocycles. The van der Waals surface area contributed by atoms with Crippen LogP contribution < -0.4 is 10.2 Å². The van der Waals surface area contributed by atoms with Crippen molar-refractivity contribution >= 4 is 5.82 Å². The molecule has 0 fully saturated rings. The van der Waals surface area contributed by atoms with E-state index in [1.807, 2.05) is 35.9 Å². The summed E-state index contributed by atoms with van der Waals surface area (Å²) in [5, 5.41) is 3.47. The number of aromatic nitrogens is 4. The second-order valence-corrected chi connectivity index (χ2v) is 6.43. The summed E-state index contributed by atoms with van der Waals surface area (Å²) in [6.07, 6.45) is 12.4. The molecule has 2 aromatic heterocycles. The van der Waals surface area contributed by atoms with Gasteiger partial charge in [0.05, 0.1) is 13.8 Å². The molecule has 0 spiro atoms. The second-order valence-electron chi connectivity index (χ2n) is 6.43. The number of aryl methyl sites for hydroxylation is 1. The molecule has 3 rings (SSSR count). The van der Waals surface area contributed by atoms with Crippen molar-refractivity contribution < 1.29 is 4.74 Å². The fourth-order valence-corrected chi connectivity index (χ4v) is 2.87. The quantitative estimate of drug-likeness (QED) is 0.675. The van der Waals surface area contributed by atoms with Crippen molar-refractivity contribution in [1.82, 2.24) is 29.7 Å². The van der Waals surface area contributed by atoms with Crippen LogP contribution >= 0.6 is 0 Å². The normalized spacial score (nSPS) is 13.6. The molecule has 0 unspecified atom stereocenters. The Morgan fingerprint density at radius 2 is 2.22 bits per heavy atom. The molecule has 1 N–H and O–H groups in total. The van der Waals surface area contributed by atoms with Crippen molar-refractivity contribution in [2.24, 2.45) is 0 Å². The Hall–Kier alpha value is -2.87. The van der Waals surface area contributed by atoms with Crippen molar-refractivity contribution in [3.8, 4) is 5.95 Å². The Balaban J connectivity index is 1.46. The standard InChI is InChI=1S/C19H27N7O/c1-16-13-17(23-19(22-16)26-12-9-21-15-26)24(2)10-6-8-20-14-25-11-5-4-7-18(25)27-3/h4-5,7,9,12-13,15,20H,6,8,10-11,14H2,1-3H3. The van der Waals surface area contributed by atoms with Crippen molar-refractivity contribution in [2.75, 3.05) is 45.4 Å². The molecule has 1 aliphatic rings. The third-order valence-corrected chi connectivity index (χ3v) is 4.33. The highest BCUT2D eigenvalue weighted by molar-refractivity contribution is 5.41. The summed E-state index contributed by atoms with van der Waals surface area (Å²) in [7, 11) is 3.76. The molecule has 0 aliphatic carbocycles. The van der Waals surface area contributed by atoms with Gasteiger partial charge in [0.1, 0.15) is 12.1 Å². The predicted molar refractivity (Wildman–Crippen MR) is 106 cm³/mol. The van der Waals surface area contributed by atoms with Crippen LogP contribution in [0, 0.1) is 6.92 Å². The minimum Gasteiger partial charge on any atom is -0.482 e. The highest BCUT2D eigenvalue weighted by Crippen LogP contribution is 2.13. The van der Waals surface area contributed by atoms with Crippen LogP contribution in [0.1, 0.15) is 12.1 Å². The Morgan fingerprint density at radius 1 is 1.33 bits per heavy atom. The van der Waals surface area contributed by atoms with Crippen LogP contribution in [0.15, 0.2) is 48.9 Å². The number of allylic oxidation sites excluding steroid dienone is 2. The highest BCUT2D eigenvalue weighted by atomic mass is 16.5. The van der Waals surface area contributed by atoms with E-state index in [4.69, 9.17) is 4.74 Å². The number of nitrogens with zero attached hydrogens (tertiary/aromatic N) is 6. The summed E-state index contributed by atoms with van der Waals surface area (Å²) < 4.78 is 7.20. The fraction of sp³-hybridized carbons (Fsp3) is 0.421. The van der Waals surface area contributed by atoms with E-state index < -0.39 is 0 Å². The molecule has 0 radical (unpaired) electrons. The number of methoxy groups -OCH3 is 1. The summed E-state index contributed by atoms with van der Waals surface area (Å²) in [4.78, 5) is 17.5. The molecule has 0 saturated heterocycles. The van der Waals surface area contributed by atoms with Gasteiger partial charge in [0.2, 0.25) is 5.95 Å². The Labute approximate surface area is 160 Å². The summed E-state index contributed by atoms with van der Waals surface area (Å²) in [5.74, 6) is 2.45. The van der Waals surface area contributed by atoms with E-state index in [1.165, 1.54) is 0 Å². The lowest BCUT2D eigenvalue weighted by Crippen LogP contribution is -2.36. The van der Waals surface area contributed by atoms with E-state index in [0.29, 0.717) is 5.95 Å². The predicted octanol–water partition coefficient (Wildman–Crippen LogP) is 1.70. The number of imidazole rings is 1. The minimum atomic E-state index is 0.643. The molecule has 144 valence electrons. The Morgan fingerprint density at radius 3 is 3.00 bits per heavy atom. The molecule has 8 heteroatoms. The maximum absolute atomic E-state index is 5.38. The van der Waals surface area contributed by atoms with Crippen LogP contribution in [0.2, 0.25) is 0 Å². The summed E-state index contributed by atoms with van der Waals surface area (Å²) in [6.45, 7) is 5.43. The molecular weight excluding hydrogens is 342 g/mol. The number of hydrogen-bond acceptors (Lipinski definition) is 7. The van der Waals surface area contributed by atoms with E-state index in [0.717, 1.165) is 50.1 Å². The van der Waals surface area contributed by atoms with Crippen LogP contribution in [0.25, 0.3) is 5.95 Å². The van der Waals surface area contributed by atoms with Crippen molar-refractivity contribution in [1.29, 1.82) is 0 Å². The van der Waals surface area contributed by atoms with Crippen LogP contribution in [-0.2, 0) is 4.74 Å². The zero-order valence-electron chi connectivity index (χ0n) is 16.2. The van der Waals surface area contributed by atoms with Crippen LogP contribution in [-0.4, -0.2) is 64.9 Å². The van der Waals surface area contributed by atoms with Gasteiger partial charge < -0.3 is 14.5 Å². The maximum Gasteiger partial charge on any atom is 0.237 e. The number of ether oxygens (including phenoxy) is 1. The molecule has 0 aromatic carbocycles. The molecule has 0 bridgehead atoms. The lowest BCUT2D eigenvalue weighted by molar-refractivity contribution is 0.153. The largest absolute Gasteiger partial charge is 0.482 e. The monoisotopic (exact) mass is 369 g/mol. The van der Waals surface area contributed by atoms with E-state index in [-0.39, 0.29) is 0 Å². The highest BCUT2D eigenvalue weighted by Gasteiger charge is 2.10. The van der Waals surface area contributed by atoms with Gasteiger partial charge in [-0.3, -0.25) is 9.88 Å². The van der Waals surface area contributed by atoms with E-state index >= 15 is 0 Å². The Bertz CT molecular complexity index is 785. The molecule has 3 heterocycles. The summed E-state index contributed by atoms with van der Waals surface area (Å²) in [6, 6.07) is 2.00. The van der Waals surface area contributed by atoms with Gasteiger partial charge in [0.25, 0.3) is 0 Å². The molecule has 1 aliphatic heterocycles. The van der Waals surface area contributed by atoms with E-state index in [1.54, 1.807) is 19.6 Å². The first kappa shape index (κ1) is 18.9. The van der Waals surface area contributed by atoms with Crippen molar-refractivity contribution in [3.05, 3.63) is 54.6 Å². The van der Waals surface area contributed by atoms with Gasteiger partial charge in [-0.15, -0.1) is 0 Å². The number of rotatable bonds is 9. The second kappa shape index (κ2) is 9.18. The summed E-state index contributed by atoms with van der Waals surface area (Å²) in [5.41, 5.74) is 0.936. The molecular formula is C19H27N7O. The van der Waals surface area contributed by atoms with E-state index in [9.17, 15) is 0 Å². The lowest BCUT2D eigenvalue weighted by Gasteiger charge is -2.27. The number of hydrogen-bond donors (Lipinski definition) is 1. The third-order valence-electron chi connectivity index (χ3n) is 4.33. The van der Waals surface area contributed by atoms with Gasteiger partial charge in [-0.05, 0) is 26.0 Å². The zero-order valence-corrected chi connectivity index (χ0v) is 16.2. The molecule has 0 amide bonds. The average molecular weight is 369 g/mol. The number of nitrogens with one attached hydrogen (secondary N) is 1. The fourth-order valence-electron chi connectivity index (χ4n) is 2.87. The first-order valence-electron chi connectivity index (χ1n) is 9.09. The van der Waals surface area contributed by atoms with Crippen LogP contribution in [0.5, 0.6) is 0 Å². The molecule has 27 heavy (non-hydrogen) atoms. The first-order chi connectivity index (χ1) is 13.2. The minimum absolute atomic E-state index is 0.643. The van der Waals surface area contributed by atoms with Gasteiger partial charge in [-0.25, -0.2) is 9.97 Å². The van der Waals surface area contributed by atoms with Crippen LogP contribution in [0.4, 0.5) is 5.82 Å². The zero-order chi connectivity index (χ0) is 19.1. The first-order valence-corrected chi connectivity index (χ1v) is 9.09. The molecule has 8 nitrogen and oxygen atoms in total.